The molecule has 0 amide bonds. The summed E-state index contributed by atoms with van der Waals surface area (Å²) in [6.07, 6.45) is 3.19. The van der Waals surface area contributed by atoms with Crippen LogP contribution in [0.3, 0.4) is 0 Å². The third kappa shape index (κ3) is 5.03. The van der Waals surface area contributed by atoms with Gasteiger partial charge in [0, 0.05) is 0 Å². The predicted octanol–water partition coefficient (Wildman–Crippen LogP) is 0.278. The second-order valence-electron chi connectivity index (χ2n) is 4.26. The van der Waals surface area contributed by atoms with E-state index in [9.17, 15) is 0 Å². The van der Waals surface area contributed by atoms with Crippen molar-refractivity contribution in [3.63, 3.8) is 0 Å². The summed E-state index contributed by atoms with van der Waals surface area (Å²) in [5.74, 6) is 0. The molecule has 0 aromatic carbocycles. The predicted molar refractivity (Wildman–Crippen MR) is 60.6 cm³/mol. The Morgan fingerprint density at radius 2 is 1.86 bits per heavy atom. The summed E-state index contributed by atoms with van der Waals surface area (Å²) >= 11 is 0.245. The topological polar surface area (TPSA) is 26.0 Å². The monoisotopic (exact) mass is 308 g/mol. The van der Waals surface area contributed by atoms with E-state index in [1.165, 1.54) is 10.0 Å². The number of rotatable bonds is 4. The summed E-state index contributed by atoms with van der Waals surface area (Å²) < 4.78 is 3.64. The maximum absolute atomic E-state index is 6.03. The fourth-order valence-electron chi connectivity index (χ4n) is 1.23. The van der Waals surface area contributed by atoms with E-state index in [0.29, 0.717) is 0 Å². The molecule has 0 aromatic rings. The van der Waals surface area contributed by atoms with Gasteiger partial charge in [-0.2, -0.15) is 0 Å². The van der Waals surface area contributed by atoms with Crippen LogP contribution in [0.2, 0.25) is 0 Å². The molecule has 2 heteroatoms. The van der Waals surface area contributed by atoms with Crippen molar-refractivity contribution in [2.24, 2.45) is 11.1 Å². The Balaban J connectivity index is 4.76. The van der Waals surface area contributed by atoms with Crippen molar-refractivity contribution in [3.8, 4) is 0 Å². The van der Waals surface area contributed by atoms with Gasteiger partial charge in [0.2, 0.25) is 0 Å². The Labute approximate surface area is 99.1 Å². The SMILES string of the molecule is CC[I-]/C=C\C(=C(/N)CC)C(C)(C)C. The fourth-order valence-corrected chi connectivity index (χ4v) is 2.35. The van der Waals surface area contributed by atoms with Crippen molar-refractivity contribution in [1.82, 2.24) is 0 Å². The van der Waals surface area contributed by atoms with E-state index in [-0.39, 0.29) is 26.6 Å². The van der Waals surface area contributed by atoms with Crippen LogP contribution in [0, 0.1) is 5.41 Å². The van der Waals surface area contributed by atoms with Crippen LogP contribution in [0.1, 0.15) is 41.0 Å². The number of nitrogens with two attached hydrogens (primary N) is 1. The third-order valence-electron chi connectivity index (χ3n) is 2.01. The summed E-state index contributed by atoms with van der Waals surface area (Å²) in [7, 11) is 0. The second kappa shape index (κ2) is 6.49. The molecule has 0 radical (unpaired) electrons. The molecule has 0 spiro atoms. The zero-order valence-corrected chi connectivity index (χ0v) is 12.2. The molecule has 0 saturated carbocycles. The Morgan fingerprint density at radius 3 is 2.21 bits per heavy atom. The second-order valence-corrected chi connectivity index (χ2v) is 7.38. The third-order valence-corrected chi connectivity index (χ3v) is 3.76. The molecular formula is C12H23IN-. The minimum absolute atomic E-state index is 0.175. The van der Waals surface area contributed by atoms with Crippen molar-refractivity contribution in [1.29, 1.82) is 0 Å². The summed E-state index contributed by atoms with van der Waals surface area (Å²) in [6, 6.07) is 0. The summed E-state index contributed by atoms with van der Waals surface area (Å²) in [5.41, 5.74) is 8.55. The molecule has 0 heterocycles. The van der Waals surface area contributed by atoms with Crippen molar-refractivity contribution >= 4 is 0 Å². The van der Waals surface area contributed by atoms with E-state index in [4.69, 9.17) is 5.73 Å². The number of hydrogen-bond acceptors (Lipinski definition) is 1. The maximum atomic E-state index is 6.03. The number of hydrogen-bond donors (Lipinski definition) is 1. The zero-order valence-electron chi connectivity index (χ0n) is 10.0. The molecule has 1 nitrogen and oxygen atoms in total. The minimum atomic E-state index is 0.175. The van der Waals surface area contributed by atoms with Gasteiger partial charge in [0.05, 0.1) is 0 Å². The molecule has 0 aliphatic carbocycles. The van der Waals surface area contributed by atoms with Gasteiger partial charge >= 0.3 is 99.2 Å². The number of halogens is 1. The van der Waals surface area contributed by atoms with Gasteiger partial charge in [-0.1, -0.05) is 0 Å². The van der Waals surface area contributed by atoms with E-state index in [2.05, 4.69) is 44.8 Å². The molecule has 0 aromatic heterocycles. The fraction of sp³-hybridized carbons (Fsp3) is 0.667. The van der Waals surface area contributed by atoms with Crippen LogP contribution in [-0.4, -0.2) is 4.43 Å². The Kier molecular flexibility index (Phi) is 6.49. The summed E-state index contributed by atoms with van der Waals surface area (Å²) in [4.78, 5) is 0. The van der Waals surface area contributed by atoms with Crippen LogP contribution in [0.5, 0.6) is 0 Å². The van der Waals surface area contributed by atoms with E-state index in [1.54, 1.807) is 0 Å². The first kappa shape index (κ1) is 14.0. The zero-order chi connectivity index (χ0) is 11.2. The van der Waals surface area contributed by atoms with Crippen LogP contribution >= 0.6 is 0 Å². The quantitative estimate of drug-likeness (QED) is 0.451. The van der Waals surface area contributed by atoms with Gasteiger partial charge in [-0.25, -0.2) is 0 Å². The summed E-state index contributed by atoms with van der Waals surface area (Å²) in [6.45, 7) is 11.0. The first-order chi connectivity index (χ1) is 6.43. The molecule has 0 rings (SSSR count). The van der Waals surface area contributed by atoms with Crippen LogP contribution in [0.15, 0.2) is 21.4 Å². The molecular weight excluding hydrogens is 285 g/mol. The van der Waals surface area contributed by atoms with Crippen molar-refractivity contribution in [2.75, 3.05) is 4.43 Å². The normalized spacial score (nSPS) is 14.9. The number of allylic oxidation sites excluding steroid dienone is 3. The Morgan fingerprint density at radius 1 is 1.29 bits per heavy atom. The van der Waals surface area contributed by atoms with Crippen molar-refractivity contribution in [3.05, 3.63) is 21.4 Å². The first-order valence-electron chi connectivity index (χ1n) is 5.16. The van der Waals surface area contributed by atoms with Crippen molar-refractivity contribution < 1.29 is 21.2 Å². The molecule has 0 saturated heterocycles. The van der Waals surface area contributed by atoms with Gasteiger partial charge in [0.15, 0.2) is 0 Å². The van der Waals surface area contributed by atoms with E-state index in [1.807, 2.05) is 0 Å². The van der Waals surface area contributed by atoms with Crippen LogP contribution < -0.4 is 26.9 Å². The average molecular weight is 308 g/mol. The number of alkyl halides is 1. The molecule has 0 unspecified atom stereocenters. The van der Waals surface area contributed by atoms with E-state index in [0.717, 1.165) is 12.1 Å². The van der Waals surface area contributed by atoms with E-state index >= 15 is 0 Å². The van der Waals surface area contributed by atoms with Gasteiger partial charge in [-0.05, 0) is 0 Å². The molecule has 0 aliphatic heterocycles. The Bertz CT molecular complexity index is 221. The molecule has 0 fully saturated rings. The molecule has 0 bridgehead atoms. The molecule has 14 heavy (non-hydrogen) atoms. The summed E-state index contributed by atoms with van der Waals surface area (Å²) in [5, 5.41) is 0. The molecule has 2 N–H and O–H groups in total. The van der Waals surface area contributed by atoms with E-state index < -0.39 is 0 Å². The Hall–Kier alpha value is 0.01000. The van der Waals surface area contributed by atoms with Gasteiger partial charge in [-0.15, -0.1) is 0 Å². The molecule has 0 atom stereocenters. The first-order valence-corrected chi connectivity index (χ1v) is 7.94. The van der Waals surface area contributed by atoms with Crippen LogP contribution in [0.25, 0.3) is 0 Å². The molecule has 84 valence electrons. The van der Waals surface area contributed by atoms with Crippen LogP contribution in [-0.2, 0) is 0 Å². The van der Waals surface area contributed by atoms with Gasteiger partial charge in [-0.3, -0.25) is 0 Å². The standard InChI is InChI=1S/C12H23IN/c1-6-11(14)10(12(3,4)5)8-9-13-7-2/h8-9H,6-7,14H2,1-5H3/q-1/b9-8-,11-10+. The van der Waals surface area contributed by atoms with Crippen LogP contribution in [0.4, 0.5) is 0 Å². The van der Waals surface area contributed by atoms with Gasteiger partial charge in [0.1, 0.15) is 0 Å². The van der Waals surface area contributed by atoms with Crippen molar-refractivity contribution in [2.45, 2.75) is 41.0 Å². The average Bonchev–Trinajstić information content (AvgIpc) is 2.09. The van der Waals surface area contributed by atoms with Gasteiger partial charge in [0.25, 0.3) is 0 Å². The van der Waals surface area contributed by atoms with Gasteiger partial charge < -0.3 is 0 Å². The molecule has 0 aliphatic rings.